The molecule has 7 heteroatoms. The molecule has 0 aromatic heterocycles. The van der Waals surface area contributed by atoms with Crippen LogP contribution >= 0.6 is 11.8 Å². The summed E-state index contributed by atoms with van der Waals surface area (Å²) >= 11 is 0.575. The van der Waals surface area contributed by atoms with Gasteiger partial charge >= 0.3 is 6.18 Å². The van der Waals surface area contributed by atoms with Gasteiger partial charge in [0.05, 0.1) is 5.75 Å². The summed E-state index contributed by atoms with van der Waals surface area (Å²) in [6, 6.07) is 4.04. The first-order valence-corrected chi connectivity index (χ1v) is 5.58. The maximum absolute atomic E-state index is 13.2. The summed E-state index contributed by atoms with van der Waals surface area (Å²) in [6.07, 6.45) is -6.00. The number of methoxy groups -OCH3 is 1. The van der Waals surface area contributed by atoms with E-state index in [9.17, 15) is 17.6 Å². The van der Waals surface area contributed by atoms with Gasteiger partial charge in [-0.3, -0.25) is 0 Å². The minimum absolute atomic E-state index is 0.0414. The molecule has 1 atom stereocenters. The van der Waals surface area contributed by atoms with E-state index in [2.05, 4.69) is 4.74 Å². The number of anilines is 1. The van der Waals surface area contributed by atoms with Crippen LogP contribution in [0.4, 0.5) is 23.2 Å². The molecule has 17 heavy (non-hydrogen) atoms. The summed E-state index contributed by atoms with van der Waals surface area (Å²) in [5.74, 6) is -1.03. The van der Waals surface area contributed by atoms with Gasteiger partial charge in [-0.2, -0.15) is 13.2 Å². The van der Waals surface area contributed by atoms with Crippen molar-refractivity contribution in [2.45, 2.75) is 17.4 Å². The van der Waals surface area contributed by atoms with Crippen LogP contribution in [0.1, 0.15) is 11.9 Å². The van der Waals surface area contributed by atoms with Crippen molar-refractivity contribution in [1.29, 1.82) is 0 Å². The van der Waals surface area contributed by atoms with E-state index in [4.69, 9.17) is 5.73 Å². The van der Waals surface area contributed by atoms with E-state index >= 15 is 0 Å². The number of thioether (sulfide) groups is 1. The van der Waals surface area contributed by atoms with Crippen LogP contribution in [0.5, 0.6) is 0 Å². The number of ether oxygens (including phenoxy) is 1. The van der Waals surface area contributed by atoms with E-state index in [0.29, 0.717) is 16.7 Å². The Morgan fingerprint density at radius 3 is 2.59 bits per heavy atom. The molecule has 0 aliphatic carbocycles. The Bertz CT molecular complexity index is 383. The van der Waals surface area contributed by atoms with Crippen molar-refractivity contribution < 1.29 is 22.3 Å². The van der Waals surface area contributed by atoms with Crippen molar-refractivity contribution in [1.82, 2.24) is 0 Å². The smallest absolute Gasteiger partial charge is 0.398 e. The van der Waals surface area contributed by atoms with Crippen molar-refractivity contribution in [3.8, 4) is 0 Å². The second-order valence-corrected chi connectivity index (χ2v) is 4.30. The van der Waals surface area contributed by atoms with Crippen molar-refractivity contribution in [3.63, 3.8) is 0 Å². The number of nitrogen functional groups attached to an aromatic ring is 1. The number of rotatable bonds is 4. The fourth-order valence-corrected chi connectivity index (χ4v) is 1.84. The molecule has 0 saturated heterocycles. The molecule has 0 aliphatic heterocycles. The number of halogens is 4. The van der Waals surface area contributed by atoms with Crippen LogP contribution in [0.2, 0.25) is 0 Å². The van der Waals surface area contributed by atoms with Crippen LogP contribution in [0.15, 0.2) is 23.1 Å². The Morgan fingerprint density at radius 1 is 1.41 bits per heavy atom. The molecule has 0 radical (unpaired) electrons. The Kier molecular flexibility index (Phi) is 4.64. The SMILES string of the molecule is COC(F)c1cc(SCC(F)(F)F)ccc1N. The van der Waals surface area contributed by atoms with Crippen LogP contribution in [-0.4, -0.2) is 19.0 Å². The first-order chi connectivity index (χ1) is 7.83. The maximum Gasteiger partial charge on any atom is 0.398 e. The highest BCUT2D eigenvalue weighted by atomic mass is 32.2. The standard InChI is InChI=1S/C10H11F4NOS/c1-16-9(11)7-4-6(2-3-8(7)15)17-5-10(12,13)14/h2-4,9H,5,15H2,1H3. The zero-order valence-electron chi connectivity index (χ0n) is 8.92. The predicted octanol–water partition coefficient (Wildman–Crippen LogP) is 3.54. The lowest BCUT2D eigenvalue weighted by Gasteiger charge is -2.12. The van der Waals surface area contributed by atoms with E-state index in [-0.39, 0.29) is 11.3 Å². The largest absolute Gasteiger partial charge is 0.398 e. The summed E-state index contributed by atoms with van der Waals surface area (Å²) in [5, 5.41) is 0. The average Bonchev–Trinajstić information content (AvgIpc) is 2.26. The van der Waals surface area contributed by atoms with E-state index in [1.165, 1.54) is 18.2 Å². The normalized spacial score (nSPS) is 13.7. The zero-order chi connectivity index (χ0) is 13.1. The van der Waals surface area contributed by atoms with Gasteiger partial charge in [0.2, 0.25) is 6.36 Å². The van der Waals surface area contributed by atoms with Crippen molar-refractivity contribution >= 4 is 17.4 Å². The summed E-state index contributed by atoms with van der Waals surface area (Å²) in [7, 11) is 1.15. The molecule has 0 fully saturated rings. The van der Waals surface area contributed by atoms with Gasteiger partial charge in [-0.05, 0) is 18.2 Å². The highest BCUT2D eigenvalue weighted by molar-refractivity contribution is 7.99. The Hall–Kier alpha value is -0.950. The molecule has 0 aliphatic rings. The quantitative estimate of drug-likeness (QED) is 0.516. The Labute approximate surface area is 100 Å². The van der Waals surface area contributed by atoms with Gasteiger partial charge in [-0.1, -0.05) is 0 Å². The van der Waals surface area contributed by atoms with Gasteiger partial charge in [0.25, 0.3) is 0 Å². The van der Waals surface area contributed by atoms with E-state index < -0.39 is 18.3 Å². The van der Waals surface area contributed by atoms with Crippen molar-refractivity contribution in [3.05, 3.63) is 23.8 Å². The molecule has 1 aromatic carbocycles. The fraction of sp³-hybridized carbons (Fsp3) is 0.400. The Morgan fingerprint density at radius 2 is 2.06 bits per heavy atom. The number of benzene rings is 1. The lowest BCUT2D eigenvalue weighted by molar-refractivity contribution is -0.105. The number of alkyl halides is 4. The number of hydrogen-bond acceptors (Lipinski definition) is 3. The highest BCUT2D eigenvalue weighted by Gasteiger charge is 2.27. The maximum atomic E-state index is 13.2. The second-order valence-electron chi connectivity index (χ2n) is 3.25. The summed E-state index contributed by atoms with van der Waals surface area (Å²) in [5.41, 5.74) is 5.69. The molecule has 0 heterocycles. The Balaban J connectivity index is 2.82. The van der Waals surface area contributed by atoms with Crippen LogP contribution in [-0.2, 0) is 4.74 Å². The monoisotopic (exact) mass is 269 g/mol. The molecule has 0 spiro atoms. The van der Waals surface area contributed by atoms with Crippen molar-refractivity contribution in [2.24, 2.45) is 0 Å². The minimum Gasteiger partial charge on any atom is -0.398 e. The first kappa shape index (κ1) is 14.1. The van der Waals surface area contributed by atoms with Gasteiger partial charge in [0.15, 0.2) is 0 Å². The molecular formula is C10H11F4NOS. The topological polar surface area (TPSA) is 35.2 Å². The van der Waals surface area contributed by atoms with E-state index in [1.54, 1.807) is 0 Å². The summed E-state index contributed by atoms with van der Waals surface area (Å²) in [4.78, 5) is 0.297. The molecule has 1 rings (SSSR count). The van der Waals surface area contributed by atoms with Gasteiger partial charge in [0, 0.05) is 23.3 Å². The molecule has 1 aromatic rings. The van der Waals surface area contributed by atoms with Crippen LogP contribution in [0.25, 0.3) is 0 Å². The molecular weight excluding hydrogens is 258 g/mol. The molecule has 0 bridgehead atoms. The lowest BCUT2D eigenvalue weighted by atomic mass is 10.2. The average molecular weight is 269 g/mol. The third kappa shape index (κ3) is 4.43. The first-order valence-electron chi connectivity index (χ1n) is 4.59. The molecule has 2 N–H and O–H groups in total. The van der Waals surface area contributed by atoms with E-state index in [0.717, 1.165) is 7.11 Å². The van der Waals surface area contributed by atoms with Crippen LogP contribution in [0.3, 0.4) is 0 Å². The van der Waals surface area contributed by atoms with Gasteiger partial charge in [-0.25, -0.2) is 4.39 Å². The van der Waals surface area contributed by atoms with Gasteiger partial charge in [-0.15, -0.1) is 11.8 Å². The number of nitrogens with two attached hydrogens (primary N) is 1. The van der Waals surface area contributed by atoms with Crippen molar-refractivity contribution in [2.75, 3.05) is 18.6 Å². The lowest BCUT2D eigenvalue weighted by Crippen LogP contribution is -2.10. The van der Waals surface area contributed by atoms with Gasteiger partial charge < -0.3 is 10.5 Å². The van der Waals surface area contributed by atoms with Crippen LogP contribution < -0.4 is 5.73 Å². The fourth-order valence-electron chi connectivity index (χ4n) is 1.13. The molecule has 0 amide bonds. The summed E-state index contributed by atoms with van der Waals surface area (Å²) in [6.45, 7) is 0. The minimum atomic E-state index is -4.26. The predicted molar refractivity (Wildman–Crippen MR) is 58.5 cm³/mol. The van der Waals surface area contributed by atoms with Crippen LogP contribution in [0, 0.1) is 0 Å². The molecule has 96 valence electrons. The molecule has 1 unspecified atom stereocenters. The molecule has 2 nitrogen and oxygen atoms in total. The number of hydrogen-bond donors (Lipinski definition) is 1. The third-order valence-electron chi connectivity index (χ3n) is 1.91. The third-order valence-corrected chi connectivity index (χ3v) is 2.97. The molecule has 0 saturated carbocycles. The highest BCUT2D eigenvalue weighted by Crippen LogP contribution is 2.32. The summed E-state index contributed by atoms with van der Waals surface area (Å²) < 4.78 is 53.7. The zero-order valence-corrected chi connectivity index (χ0v) is 9.74. The van der Waals surface area contributed by atoms with E-state index in [1.807, 2.05) is 0 Å². The second kappa shape index (κ2) is 5.59. The van der Waals surface area contributed by atoms with Gasteiger partial charge in [0.1, 0.15) is 0 Å².